The van der Waals surface area contributed by atoms with Crippen LogP contribution >= 0.6 is 11.5 Å². The van der Waals surface area contributed by atoms with Gasteiger partial charge in [0.25, 0.3) is 5.91 Å². The predicted molar refractivity (Wildman–Crippen MR) is 91.1 cm³/mol. The number of anilines is 2. The van der Waals surface area contributed by atoms with E-state index in [2.05, 4.69) is 15.0 Å². The molecule has 0 atom stereocenters. The zero-order valence-electron chi connectivity index (χ0n) is 13.5. The van der Waals surface area contributed by atoms with E-state index in [9.17, 15) is 9.59 Å². The standard InChI is InChI=1S/C16H19N3O3S/c1-10-13(9-23-19-10)18-14(20)11-6-5-7-12(8-11)17-15(21)22-16(2,3)4/h5-9H,1-4H3,(H,17,21)(H,18,20). The maximum Gasteiger partial charge on any atom is 0.412 e. The second-order valence-electron chi connectivity index (χ2n) is 5.98. The summed E-state index contributed by atoms with van der Waals surface area (Å²) in [5.74, 6) is -0.263. The van der Waals surface area contributed by atoms with E-state index in [-0.39, 0.29) is 5.91 Å². The Hall–Kier alpha value is -2.41. The van der Waals surface area contributed by atoms with Gasteiger partial charge in [-0.1, -0.05) is 6.07 Å². The Balaban J connectivity index is 2.06. The summed E-state index contributed by atoms with van der Waals surface area (Å²) in [6.07, 6.45) is -0.562. The first-order chi connectivity index (χ1) is 10.7. The van der Waals surface area contributed by atoms with Crippen LogP contribution in [0.4, 0.5) is 16.2 Å². The number of benzene rings is 1. The van der Waals surface area contributed by atoms with Crippen molar-refractivity contribution in [2.24, 2.45) is 0 Å². The fourth-order valence-electron chi connectivity index (χ4n) is 1.77. The molecule has 2 N–H and O–H groups in total. The molecule has 2 aromatic rings. The van der Waals surface area contributed by atoms with Gasteiger partial charge >= 0.3 is 6.09 Å². The van der Waals surface area contributed by atoms with Crippen molar-refractivity contribution < 1.29 is 14.3 Å². The number of nitrogens with zero attached hydrogens (tertiary/aromatic N) is 1. The minimum Gasteiger partial charge on any atom is -0.444 e. The van der Waals surface area contributed by atoms with Crippen LogP contribution in [-0.2, 0) is 4.74 Å². The summed E-state index contributed by atoms with van der Waals surface area (Å²) < 4.78 is 9.29. The van der Waals surface area contributed by atoms with E-state index in [4.69, 9.17) is 4.74 Å². The van der Waals surface area contributed by atoms with Crippen molar-refractivity contribution in [2.45, 2.75) is 33.3 Å². The largest absolute Gasteiger partial charge is 0.444 e. The number of hydrogen-bond acceptors (Lipinski definition) is 5. The molecule has 0 fully saturated rings. The van der Waals surface area contributed by atoms with Gasteiger partial charge in [0.05, 0.1) is 11.4 Å². The van der Waals surface area contributed by atoms with Gasteiger partial charge in [0, 0.05) is 16.6 Å². The van der Waals surface area contributed by atoms with Crippen LogP contribution in [0.15, 0.2) is 29.6 Å². The summed E-state index contributed by atoms with van der Waals surface area (Å²) in [7, 11) is 0. The lowest BCUT2D eigenvalue weighted by Gasteiger charge is -2.19. The number of carbonyl (C=O) groups excluding carboxylic acids is 2. The number of hydrogen-bond donors (Lipinski definition) is 2. The summed E-state index contributed by atoms with van der Waals surface area (Å²) in [5.41, 5.74) is 1.80. The van der Waals surface area contributed by atoms with E-state index in [1.54, 1.807) is 50.4 Å². The molecule has 0 aliphatic rings. The summed E-state index contributed by atoms with van der Waals surface area (Å²) in [6, 6.07) is 6.65. The highest BCUT2D eigenvalue weighted by Crippen LogP contribution is 2.18. The number of ether oxygens (including phenoxy) is 1. The van der Waals surface area contributed by atoms with Crippen molar-refractivity contribution >= 4 is 34.9 Å². The normalized spacial score (nSPS) is 11.0. The molecule has 0 saturated carbocycles. The van der Waals surface area contributed by atoms with Gasteiger partial charge in [0.1, 0.15) is 5.60 Å². The molecule has 23 heavy (non-hydrogen) atoms. The molecular weight excluding hydrogens is 314 g/mol. The van der Waals surface area contributed by atoms with Crippen molar-refractivity contribution in [1.82, 2.24) is 4.37 Å². The number of carbonyl (C=O) groups is 2. The van der Waals surface area contributed by atoms with E-state index in [1.165, 1.54) is 11.5 Å². The highest BCUT2D eigenvalue weighted by atomic mass is 32.1. The molecule has 7 heteroatoms. The topological polar surface area (TPSA) is 80.3 Å². The Kier molecular flexibility index (Phi) is 5.00. The summed E-state index contributed by atoms with van der Waals surface area (Å²) >= 11 is 1.28. The first-order valence-corrected chi connectivity index (χ1v) is 7.90. The second-order valence-corrected chi connectivity index (χ2v) is 6.60. The minimum absolute atomic E-state index is 0.263. The molecule has 1 aromatic heterocycles. The second kappa shape index (κ2) is 6.78. The van der Waals surface area contributed by atoms with Crippen LogP contribution in [0, 0.1) is 6.92 Å². The Morgan fingerprint density at radius 1 is 1.22 bits per heavy atom. The van der Waals surface area contributed by atoms with Crippen molar-refractivity contribution in [1.29, 1.82) is 0 Å². The van der Waals surface area contributed by atoms with Crippen LogP contribution in [0.25, 0.3) is 0 Å². The SMILES string of the molecule is Cc1nscc1NC(=O)c1cccc(NC(=O)OC(C)(C)C)c1. The maximum absolute atomic E-state index is 12.3. The average molecular weight is 333 g/mol. The lowest BCUT2D eigenvalue weighted by Crippen LogP contribution is -2.27. The molecule has 0 aliphatic heterocycles. The molecule has 2 rings (SSSR count). The first kappa shape index (κ1) is 17.0. The minimum atomic E-state index is -0.581. The highest BCUT2D eigenvalue weighted by molar-refractivity contribution is 7.04. The third-order valence-corrected chi connectivity index (χ3v) is 3.49. The van der Waals surface area contributed by atoms with E-state index in [0.717, 1.165) is 5.69 Å². The Morgan fingerprint density at radius 2 is 1.96 bits per heavy atom. The van der Waals surface area contributed by atoms with Crippen LogP contribution in [0.1, 0.15) is 36.8 Å². The number of rotatable bonds is 3. The summed E-state index contributed by atoms with van der Waals surface area (Å²) in [5, 5.41) is 7.18. The molecule has 1 heterocycles. The molecule has 0 saturated heterocycles. The zero-order valence-corrected chi connectivity index (χ0v) is 14.3. The maximum atomic E-state index is 12.3. The molecular formula is C16H19N3O3S. The number of nitrogens with one attached hydrogen (secondary N) is 2. The zero-order chi connectivity index (χ0) is 17.0. The summed E-state index contributed by atoms with van der Waals surface area (Å²) in [4.78, 5) is 24.0. The van der Waals surface area contributed by atoms with E-state index >= 15 is 0 Å². The third-order valence-electron chi connectivity index (χ3n) is 2.77. The van der Waals surface area contributed by atoms with Gasteiger partial charge in [-0.25, -0.2) is 4.79 Å². The van der Waals surface area contributed by atoms with Gasteiger partial charge in [-0.2, -0.15) is 4.37 Å². The van der Waals surface area contributed by atoms with Crippen LogP contribution < -0.4 is 10.6 Å². The van der Waals surface area contributed by atoms with Crippen molar-refractivity contribution in [2.75, 3.05) is 10.6 Å². The van der Waals surface area contributed by atoms with E-state index < -0.39 is 11.7 Å². The fraction of sp³-hybridized carbons (Fsp3) is 0.312. The number of aromatic nitrogens is 1. The summed E-state index contributed by atoms with van der Waals surface area (Å²) in [6.45, 7) is 7.18. The van der Waals surface area contributed by atoms with Gasteiger partial charge in [-0.05, 0) is 57.4 Å². The van der Waals surface area contributed by atoms with Crippen LogP contribution in [-0.4, -0.2) is 22.0 Å². The van der Waals surface area contributed by atoms with Crippen molar-refractivity contribution in [3.8, 4) is 0 Å². The smallest absolute Gasteiger partial charge is 0.412 e. The Bertz CT molecular complexity index is 719. The predicted octanol–water partition coefficient (Wildman–Crippen LogP) is 4.05. The van der Waals surface area contributed by atoms with Gasteiger partial charge in [0.2, 0.25) is 0 Å². The average Bonchev–Trinajstić information content (AvgIpc) is 2.82. The molecule has 0 spiro atoms. The van der Waals surface area contributed by atoms with Crippen LogP contribution in [0.5, 0.6) is 0 Å². The van der Waals surface area contributed by atoms with E-state index in [0.29, 0.717) is 16.9 Å². The van der Waals surface area contributed by atoms with Gasteiger partial charge in [-0.3, -0.25) is 10.1 Å². The van der Waals surface area contributed by atoms with Gasteiger partial charge in [0.15, 0.2) is 0 Å². The molecule has 0 aliphatic carbocycles. The quantitative estimate of drug-likeness (QED) is 0.888. The molecule has 122 valence electrons. The third kappa shape index (κ3) is 5.07. The molecule has 0 radical (unpaired) electrons. The van der Waals surface area contributed by atoms with E-state index in [1.807, 2.05) is 6.92 Å². The molecule has 6 nitrogen and oxygen atoms in total. The number of amides is 2. The first-order valence-electron chi connectivity index (χ1n) is 7.07. The van der Waals surface area contributed by atoms with Gasteiger partial charge < -0.3 is 10.1 Å². The molecule has 0 unspecified atom stereocenters. The Labute approximate surface area is 139 Å². The Morgan fingerprint density at radius 3 is 2.57 bits per heavy atom. The van der Waals surface area contributed by atoms with Crippen molar-refractivity contribution in [3.63, 3.8) is 0 Å². The highest BCUT2D eigenvalue weighted by Gasteiger charge is 2.16. The molecule has 0 bridgehead atoms. The molecule has 1 aromatic carbocycles. The fourth-order valence-corrected chi connectivity index (χ4v) is 2.41. The monoisotopic (exact) mass is 333 g/mol. The molecule has 2 amide bonds. The lowest BCUT2D eigenvalue weighted by molar-refractivity contribution is 0.0635. The lowest BCUT2D eigenvalue weighted by atomic mass is 10.2. The number of aryl methyl sites for hydroxylation is 1. The van der Waals surface area contributed by atoms with Crippen LogP contribution in [0.2, 0.25) is 0 Å². The van der Waals surface area contributed by atoms with Gasteiger partial charge in [-0.15, -0.1) is 0 Å². The van der Waals surface area contributed by atoms with Crippen LogP contribution in [0.3, 0.4) is 0 Å². The van der Waals surface area contributed by atoms with Crippen molar-refractivity contribution in [3.05, 3.63) is 40.9 Å².